The highest BCUT2D eigenvalue weighted by Crippen LogP contribution is 2.36. The topological polar surface area (TPSA) is 37.3 Å². The molecule has 0 aromatic carbocycles. The first-order valence-corrected chi connectivity index (χ1v) is 5.01. The van der Waals surface area contributed by atoms with Gasteiger partial charge in [-0.1, -0.05) is 5.92 Å². The van der Waals surface area contributed by atoms with Crippen molar-refractivity contribution in [3.05, 3.63) is 0 Å². The Morgan fingerprint density at radius 2 is 2.00 bits per heavy atom. The molecule has 5 heteroatoms. The highest BCUT2D eigenvalue weighted by atomic mass is 19.4. The Labute approximate surface area is 91.8 Å². The van der Waals surface area contributed by atoms with Crippen LogP contribution in [0, 0.1) is 23.2 Å². The van der Waals surface area contributed by atoms with Crippen molar-refractivity contribution in [1.82, 2.24) is 0 Å². The third kappa shape index (κ3) is 4.13. The smallest absolute Gasteiger partial charge is 0.390 e. The minimum Gasteiger partial charge on any atom is -0.481 e. The van der Waals surface area contributed by atoms with Gasteiger partial charge in [0.2, 0.25) is 0 Å². The van der Waals surface area contributed by atoms with E-state index in [1.807, 2.05) is 0 Å². The molecule has 0 aromatic rings. The zero-order valence-corrected chi connectivity index (χ0v) is 8.90. The predicted molar refractivity (Wildman–Crippen MR) is 51.5 cm³/mol. The summed E-state index contributed by atoms with van der Waals surface area (Å²) in [6, 6.07) is 0. The number of carboxylic acid groups (broad SMARTS) is 1. The summed E-state index contributed by atoms with van der Waals surface area (Å²) in [6.45, 7) is 1.09. The summed E-state index contributed by atoms with van der Waals surface area (Å²) in [7, 11) is 0. The lowest BCUT2D eigenvalue weighted by atomic mass is 9.83. The summed E-state index contributed by atoms with van der Waals surface area (Å²) < 4.78 is 36.6. The Morgan fingerprint density at radius 1 is 1.44 bits per heavy atom. The van der Waals surface area contributed by atoms with Crippen LogP contribution >= 0.6 is 0 Å². The molecule has 1 N–H and O–H groups in total. The normalized spacial score (nSPS) is 19.5. The van der Waals surface area contributed by atoms with Crippen molar-refractivity contribution >= 4 is 5.97 Å². The maximum absolute atomic E-state index is 12.2. The summed E-state index contributed by atoms with van der Waals surface area (Å²) in [5.41, 5.74) is -1.83. The minimum absolute atomic E-state index is 0.252. The molecule has 0 bridgehead atoms. The number of aliphatic carboxylic acids is 1. The Balaban J connectivity index is 2.64. The molecule has 1 aliphatic rings. The zero-order chi connectivity index (χ0) is 12.4. The molecule has 1 fully saturated rings. The van der Waals surface area contributed by atoms with Gasteiger partial charge in [-0.25, -0.2) is 0 Å². The van der Waals surface area contributed by atoms with Gasteiger partial charge in [0.15, 0.2) is 0 Å². The van der Waals surface area contributed by atoms with Crippen LogP contribution in [0.5, 0.6) is 0 Å². The van der Waals surface area contributed by atoms with Gasteiger partial charge in [-0.2, -0.15) is 13.2 Å². The number of carbonyl (C=O) groups is 1. The van der Waals surface area contributed by atoms with E-state index in [1.165, 1.54) is 0 Å². The second kappa shape index (κ2) is 4.36. The van der Waals surface area contributed by atoms with Crippen molar-refractivity contribution in [3.8, 4) is 11.8 Å². The van der Waals surface area contributed by atoms with Gasteiger partial charge in [0.1, 0.15) is 0 Å². The van der Waals surface area contributed by atoms with Crippen LogP contribution in [0.3, 0.4) is 0 Å². The van der Waals surface area contributed by atoms with E-state index < -0.39 is 24.0 Å². The molecule has 0 spiro atoms. The monoisotopic (exact) mass is 234 g/mol. The predicted octanol–water partition coefficient (Wildman–Crippen LogP) is 2.83. The van der Waals surface area contributed by atoms with Gasteiger partial charge >= 0.3 is 12.1 Å². The van der Waals surface area contributed by atoms with Crippen LogP contribution in [0.25, 0.3) is 0 Å². The van der Waals surface area contributed by atoms with Gasteiger partial charge < -0.3 is 5.11 Å². The molecule has 90 valence electrons. The van der Waals surface area contributed by atoms with Crippen LogP contribution in [-0.4, -0.2) is 17.3 Å². The maximum Gasteiger partial charge on any atom is 0.390 e. The fourth-order valence-electron chi connectivity index (χ4n) is 1.27. The van der Waals surface area contributed by atoms with Crippen molar-refractivity contribution in [2.75, 3.05) is 0 Å². The molecule has 1 aliphatic carbocycles. The van der Waals surface area contributed by atoms with Crippen LogP contribution in [0.15, 0.2) is 0 Å². The Morgan fingerprint density at radius 3 is 2.38 bits per heavy atom. The van der Waals surface area contributed by atoms with E-state index in [0.29, 0.717) is 0 Å². The van der Waals surface area contributed by atoms with Gasteiger partial charge in [-0.05, 0) is 19.8 Å². The molecule has 2 nitrogen and oxygen atoms in total. The van der Waals surface area contributed by atoms with E-state index in [2.05, 4.69) is 11.8 Å². The lowest BCUT2D eigenvalue weighted by molar-refractivity contribution is -0.176. The van der Waals surface area contributed by atoms with Gasteiger partial charge in [-0.3, -0.25) is 4.79 Å². The number of hydrogen-bond donors (Lipinski definition) is 1. The van der Waals surface area contributed by atoms with Crippen molar-refractivity contribution in [2.24, 2.45) is 11.3 Å². The van der Waals surface area contributed by atoms with Crippen molar-refractivity contribution < 1.29 is 23.1 Å². The quantitative estimate of drug-likeness (QED) is 0.762. The molecule has 0 saturated heterocycles. The molecule has 1 rings (SSSR count). The lowest BCUT2D eigenvalue weighted by Crippen LogP contribution is -2.32. The molecule has 0 radical (unpaired) electrons. The van der Waals surface area contributed by atoms with E-state index in [0.717, 1.165) is 19.8 Å². The molecular weight excluding hydrogens is 221 g/mol. The van der Waals surface area contributed by atoms with Gasteiger partial charge in [-0.15, -0.1) is 5.92 Å². The first kappa shape index (κ1) is 12.9. The van der Waals surface area contributed by atoms with E-state index in [-0.39, 0.29) is 12.3 Å². The zero-order valence-electron chi connectivity index (χ0n) is 8.90. The Hall–Kier alpha value is -1.18. The maximum atomic E-state index is 12.2. The highest BCUT2D eigenvalue weighted by Gasteiger charge is 2.44. The fraction of sp³-hybridized carbons (Fsp3) is 0.727. The number of carboxylic acids is 1. The standard InChI is InChI=1S/C11H13F3O2/c1-10(9(15)16,7-11(12,13)14)6-2-3-8-4-5-8/h8H,4-7H2,1H3,(H,15,16). The number of hydrogen-bond acceptors (Lipinski definition) is 1. The lowest BCUT2D eigenvalue weighted by Gasteiger charge is -2.23. The first-order chi connectivity index (χ1) is 7.23. The average Bonchev–Trinajstić information content (AvgIpc) is 2.84. The van der Waals surface area contributed by atoms with Crippen molar-refractivity contribution in [1.29, 1.82) is 0 Å². The second-order valence-electron chi connectivity index (χ2n) is 4.43. The van der Waals surface area contributed by atoms with E-state index >= 15 is 0 Å². The molecule has 0 aromatic heterocycles. The summed E-state index contributed by atoms with van der Waals surface area (Å²) in [4.78, 5) is 10.8. The fourth-order valence-corrected chi connectivity index (χ4v) is 1.27. The molecule has 1 atom stereocenters. The van der Waals surface area contributed by atoms with Crippen LogP contribution in [0.1, 0.15) is 32.6 Å². The Kier molecular flexibility index (Phi) is 3.51. The van der Waals surface area contributed by atoms with Crippen LogP contribution in [0.4, 0.5) is 13.2 Å². The largest absolute Gasteiger partial charge is 0.481 e. The SMILES string of the molecule is CC(CC#CC1CC1)(CC(F)(F)F)C(=O)O. The van der Waals surface area contributed by atoms with E-state index in [1.54, 1.807) is 0 Å². The molecule has 1 saturated carbocycles. The summed E-state index contributed by atoms with van der Waals surface area (Å²) in [6.07, 6.45) is -4.13. The van der Waals surface area contributed by atoms with Gasteiger partial charge in [0.25, 0.3) is 0 Å². The third-order valence-electron chi connectivity index (χ3n) is 2.47. The summed E-state index contributed by atoms with van der Waals surface area (Å²) in [5.74, 6) is 4.15. The minimum atomic E-state index is -4.48. The molecular formula is C11H13F3O2. The van der Waals surface area contributed by atoms with E-state index in [4.69, 9.17) is 5.11 Å². The molecule has 16 heavy (non-hydrogen) atoms. The average molecular weight is 234 g/mol. The van der Waals surface area contributed by atoms with Crippen molar-refractivity contribution in [2.45, 2.75) is 38.8 Å². The van der Waals surface area contributed by atoms with Crippen LogP contribution in [-0.2, 0) is 4.79 Å². The Bertz CT molecular complexity index is 333. The number of alkyl halides is 3. The summed E-state index contributed by atoms with van der Waals surface area (Å²) >= 11 is 0. The third-order valence-corrected chi connectivity index (χ3v) is 2.47. The number of halogens is 3. The molecule has 0 heterocycles. The molecule has 0 aliphatic heterocycles. The molecule has 1 unspecified atom stereocenters. The van der Waals surface area contributed by atoms with Gasteiger partial charge in [0, 0.05) is 12.3 Å². The highest BCUT2D eigenvalue weighted by molar-refractivity contribution is 5.74. The summed E-state index contributed by atoms with van der Waals surface area (Å²) in [5, 5.41) is 8.81. The van der Waals surface area contributed by atoms with Crippen molar-refractivity contribution in [3.63, 3.8) is 0 Å². The first-order valence-electron chi connectivity index (χ1n) is 5.01. The van der Waals surface area contributed by atoms with Gasteiger partial charge in [0.05, 0.1) is 11.8 Å². The van der Waals surface area contributed by atoms with Crippen LogP contribution < -0.4 is 0 Å². The number of rotatable bonds is 3. The van der Waals surface area contributed by atoms with E-state index in [9.17, 15) is 18.0 Å². The second-order valence-corrected chi connectivity index (χ2v) is 4.43. The van der Waals surface area contributed by atoms with Crippen LogP contribution in [0.2, 0.25) is 0 Å². The molecule has 0 amide bonds.